The molecule has 0 aromatic heterocycles. The van der Waals surface area contributed by atoms with Crippen molar-refractivity contribution in [1.82, 2.24) is 10.6 Å². The first-order chi connectivity index (χ1) is 8.93. The molecule has 0 aromatic rings. The lowest BCUT2D eigenvalue weighted by Crippen LogP contribution is -2.53. The molecule has 18 heavy (non-hydrogen) atoms. The van der Waals surface area contributed by atoms with Gasteiger partial charge in [0, 0.05) is 31.3 Å². The van der Waals surface area contributed by atoms with Crippen molar-refractivity contribution in [1.29, 1.82) is 0 Å². The molecule has 0 spiro atoms. The van der Waals surface area contributed by atoms with Crippen molar-refractivity contribution in [2.45, 2.75) is 50.2 Å². The van der Waals surface area contributed by atoms with Gasteiger partial charge in [0.2, 0.25) is 0 Å². The number of hydrogen-bond acceptors (Lipinski definition) is 4. The third-order valence-electron chi connectivity index (χ3n) is 4.65. The van der Waals surface area contributed by atoms with Crippen LogP contribution in [0.3, 0.4) is 0 Å². The average Bonchev–Trinajstić information content (AvgIpc) is 2.89. The van der Waals surface area contributed by atoms with Crippen LogP contribution in [0.1, 0.15) is 32.1 Å². The SMILES string of the molecule is C1COCC(NC2CCCC2C2COCCN2)C1. The Morgan fingerprint density at radius 1 is 0.944 bits per heavy atom. The monoisotopic (exact) mass is 254 g/mol. The Morgan fingerprint density at radius 3 is 2.67 bits per heavy atom. The molecule has 2 heterocycles. The van der Waals surface area contributed by atoms with E-state index in [2.05, 4.69) is 10.6 Å². The van der Waals surface area contributed by atoms with Gasteiger partial charge in [-0.25, -0.2) is 0 Å². The summed E-state index contributed by atoms with van der Waals surface area (Å²) in [6, 6.07) is 1.80. The Hall–Kier alpha value is -0.160. The van der Waals surface area contributed by atoms with Crippen LogP contribution < -0.4 is 10.6 Å². The molecule has 0 radical (unpaired) electrons. The first-order valence-corrected chi connectivity index (χ1v) is 7.58. The van der Waals surface area contributed by atoms with Gasteiger partial charge < -0.3 is 20.1 Å². The summed E-state index contributed by atoms with van der Waals surface area (Å²) in [6.45, 7) is 4.63. The van der Waals surface area contributed by atoms with Crippen molar-refractivity contribution in [3.63, 3.8) is 0 Å². The fourth-order valence-corrected chi connectivity index (χ4v) is 3.71. The summed E-state index contributed by atoms with van der Waals surface area (Å²) in [5.41, 5.74) is 0. The molecule has 0 aromatic carbocycles. The molecular weight excluding hydrogens is 228 g/mol. The van der Waals surface area contributed by atoms with Crippen molar-refractivity contribution in [2.24, 2.45) is 5.92 Å². The summed E-state index contributed by atoms with van der Waals surface area (Å²) >= 11 is 0. The van der Waals surface area contributed by atoms with Gasteiger partial charge in [0.25, 0.3) is 0 Å². The Bertz CT molecular complexity index is 250. The number of hydrogen-bond donors (Lipinski definition) is 2. The zero-order valence-corrected chi connectivity index (χ0v) is 11.2. The Labute approximate surface area is 110 Å². The molecular formula is C14H26N2O2. The highest BCUT2D eigenvalue weighted by atomic mass is 16.5. The first kappa shape index (κ1) is 12.9. The van der Waals surface area contributed by atoms with Gasteiger partial charge >= 0.3 is 0 Å². The largest absolute Gasteiger partial charge is 0.380 e. The highest BCUT2D eigenvalue weighted by molar-refractivity contribution is 4.93. The maximum atomic E-state index is 5.62. The van der Waals surface area contributed by atoms with Crippen molar-refractivity contribution in [3.8, 4) is 0 Å². The molecule has 3 fully saturated rings. The van der Waals surface area contributed by atoms with Gasteiger partial charge in [0.1, 0.15) is 0 Å². The summed E-state index contributed by atoms with van der Waals surface area (Å²) < 4.78 is 11.2. The molecule has 3 rings (SSSR count). The second kappa shape index (κ2) is 6.33. The second-order valence-electron chi connectivity index (χ2n) is 5.92. The molecule has 2 aliphatic heterocycles. The Morgan fingerprint density at radius 2 is 1.89 bits per heavy atom. The van der Waals surface area contributed by atoms with Gasteiger partial charge in [-0.05, 0) is 31.6 Å². The van der Waals surface area contributed by atoms with Gasteiger partial charge in [0.05, 0.1) is 19.8 Å². The van der Waals surface area contributed by atoms with Crippen molar-refractivity contribution in [3.05, 3.63) is 0 Å². The number of ether oxygens (including phenoxy) is 2. The lowest BCUT2D eigenvalue weighted by atomic mass is 9.93. The molecule has 4 unspecified atom stereocenters. The summed E-state index contributed by atoms with van der Waals surface area (Å²) in [4.78, 5) is 0. The standard InChI is InChI=1S/C14H26N2O2/c1-4-12(14-10-18-8-6-15-14)13(5-1)16-11-3-2-7-17-9-11/h11-16H,1-10H2. The van der Waals surface area contributed by atoms with Gasteiger partial charge in [-0.2, -0.15) is 0 Å². The fraction of sp³-hybridized carbons (Fsp3) is 1.00. The molecule has 3 aliphatic rings. The van der Waals surface area contributed by atoms with Crippen molar-refractivity contribution >= 4 is 0 Å². The molecule has 1 saturated carbocycles. The molecule has 2 N–H and O–H groups in total. The lowest BCUT2D eigenvalue weighted by molar-refractivity contribution is 0.0418. The predicted molar refractivity (Wildman–Crippen MR) is 70.7 cm³/mol. The first-order valence-electron chi connectivity index (χ1n) is 7.58. The zero-order chi connectivity index (χ0) is 12.2. The van der Waals surface area contributed by atoms with Crippen LogP contribution in [-0.2, 0) is 9.47 Å². The van der Waals surface area contributed by atoms with Gasteiger partial charge in [-0.3, -0.25) is 0 Å². The van der Waals surface area contributed by atoms with E-state index in [9.17, 15) is 0 Å². The van der Waals surface area contributed by atoms with Crippen LogP contribution in [0.5, 0.6) is 0 Å². The van der Waals surface area contributed by atoms with Crippen molar-refractivity contribution in [2.75, 3.05) is 33.0 Å². The number of nitrogens with one attached hydrogen (secondary N) is 2. The van der Waals surface area contributed by atoms with E-state index in [0.717, 1.165) is 38.9 Å². The maximum Gasteiger partial charge on any atom is 0.0623 e. The van der Waals surface area contributed by atoms with Gasteiger partial charge in [-0.1, -0.05) is 6.42 Å². The van der Waals surface area contributed by atoms with E-state index in [1.807, 2.05) is 0 Å². The second-order valence-corrected chi connectivity index (χ2v) is 5.92. The Balaban J connectivity index is 1.53. The summed E-state index contributed by atoms with van der Waals surface area (Å²) in [7, 11) is 0. The third-order valence-corrected chi connectivity index (χ3v) is 4.65. The predicted octanol–water partition coefficient (Wildman–Crippen LogP) is 0.912. The number of rotatable bonds is 3. The minimum Gasteiger partial charge on any atom is -0.380 e. The van der Waals surface area contributed by atoms with E-state index in [4.69, 9.17) is 9.47 Å². The molecule has 0 amide bonds. The van der Waals surface area contributed by atoms with Crippen LogP contribution in [0, 0.1) is 5.92 Å². The third kappa shape index (κ3) is 3.05. The van der Waals surface area contributed by atoms with Crippen LogP contribution in [-0.4, -0.2) is 51.1 Å². The molecule has 104 valence electrons. The van der Waals surface area contributed by atoms with Crippen LogP contribution in [0.4, 0.5) is 0 Å². The molecule has 1 aliphatic carbocycles. The quantitative estimate of drug-likeness (QED) is 0.786. The van der Waals surface area contributed by atoms with E-state index < -0.39 is 0 Å². The highest BCUT2D eigenvalue weighted by Gasteiger charge is 2.35. The zero-order valence-electron chi connectivity index (χ0n) is 11.2. The van der Waals surface area contributed by atoms with Gasteiger partial charge in [0.15, 0.2) is 0 Å². The molecule has 0 bridgehead atoms. The normalized spacial score (nSPS) is 42.0. The highest BCUT2D eigenvalue weighted by Crippen LogP contribution is 2.30. The number of morpholine rings is 1. The fourth-order valence-electron chi connectivity index (χ4n) is 3.71. The molecule has 2 saturated heterocycles. The summed E-state index contributed by atoms with van der Waals surface area (Å²) in [5, 5.41) is 7.48. The molecule has 4 heteroatoms. The molecule has 4 atom stereocenters. The minimum absolute atomic E-state index is 0.559. The van der Waals surface area contributed by atoms with E-state index in [1.165, 1.54) is 32.1 Å². The van der Waals surface area contributed by atoms with Crippen LogP contribution in [0.15, 0.2) is 0 Å². The lowest BCUT2D eigenvalue weighted by Gasteiger charge is -2.35. The van der Waals surface area contributed by atoms with Crippen LogP contribution in [0.2, 0.25) is 0 Å². The summed E-state index contributed by atoms with van der Waals surface area (Å²) in [5.74, 6) is 0.743. The van der Waals surface area contributed by atoms with Crippen LogP contribution >= 0.6 is 0 Å². The summed E-state index contributed by atoms with van der Waals surface area (Å²) in [6.07, 6.45) is 6.50. The van der Waals surface area contributed by atoms with E-state index in [1.54, 1.807) is 0 Å². The average molecular weight is 254 g/mol. The van der Waals surface area contributed by atoms with E-state index in [0.29, 0.717) is 18.1 Å². The topological polar surface area (TPSA) is 42.5 Å². The molecule has 4 nitrogen and oxygen atoms in total. The smallest absolute Gasteiger partial charge is 0.0623 e. The maximum absolute atomic E-state index is 5.62. The minimum atomic E-state index is 0.559. The van der Waals surface area contributed by atoms with E-state index >= 15 is 0 Å². The van der Waals surface area contributed by atoms with Gasteiger partial charge in [-0.15, -0.1) is 0 Å². The van der Waals surface area contributed by atoms with E-state index in [-0.39, 0.29) is 0 Å². The van der Waals surface area contributed by atoms with Crippen LogP contribution in [0.25, 0.3) is 0 Å². The van der Waals surface area contributed by atoms with Crippen molar-refractivity contribution < 1.29 is 9.47 Å². The Kier molecular flexibility index (Phi) is 4.52.